The Balaban J connectivity index is 1.48. The molecule has 5 rings (SSSR count). The summed E-state index contributed by atoms with van der Waals surface area (Å²) in [6.07, 6.45) is 2.73. The molecular formula is C30H26F2N2O5S2. The fourth-order valence-corrected chi connectivity index (χ4v) is 7.01. The van der Waals surface area contributed by atoms with Crippen molar-refractivity contribution in [1.29, 1.82) is 0 Å². The second kappa shape index (κ2) is 10.8. The number of halogens is 2. The standard InChI is InChI=1S/C30H26F2N2O5S2/c1-30(37,19-5-3-4-17(12-19)7-9-27(35)36)26-16-40-29(34-26)22-14-18(6-8-23(22)31)13-21-24(32)15-25-20(10-11-33-25)28(21)41(2,38)39/h3-6,8,10-12,14-16,33,37H,7,9,13H2,1-2H3,(H,35,36). The summed E-state index contributed by atoms with van der Waals surface area (Å²) >= 11 is 1.12. The van der Waals surface area contributed by atoms with E-state index in [1.54, 1.807) is 48.8 Å². The number of aryl methyl sites for hydroxylation is 1. The van der Waals surface area contributed by atoms with E-state index in [0.29, 0.717) is 28.5 Å². The molecule has 1 atom stereocenters. The van der Waals surface area contributed by atoms with E-state index >= 15 is 8.78 Å². The molecule has 0 spiro atoms. The van der Waals surface area contributed by atoms with Gasteiger partial charge >= 0.3 is 5.97 Å². The summed E-state index contributed by atoms with van der Waals surface area (Å²) in [6, 6.07) is 14.0. The van der Waals surface area contributed by atoms with Gasteiger partial charge in [-0.2, -0.15) is 0 Å². The molecular weight excluding hydrogens is 570 g/mol. The van der Waals surface area contributed by atoms with Crippen LogP contribution >= 0.6 is 11.3 Å². The van der Waals surface area contributed by atoms with E-state index in [-0.39, 0.29) is 39.6 Å². The first-order valence-corrected chi connectivity index (χ1v) is 15.4. The molecule has 2 heterocycles. The van der Waals surface area contributed by atoms with Crippen molar-refractivity contribution in [3.63, 3.8) is 0 Å². The Labute approximate surface area is 239 Å². The number of nitrogens with zero attached hydrogens (tertiary/aromatic N) is 1. The number of aromatic nitrogens is 2. The average Bonchev–Trinajstić information content (AvgIpc) is 3.58. The maximum absolute atomic E-state index is 15.2. The van der Waals surface area contributed by atoms with E-state index in [2.05, 4.69) is 9.97 Å². The SMILES string of the molecule is CC(O)(c1cccc(CCC(=O)O)c1)c1csc(-c2cc(Cc3c(F)cc4[nH]ccc4c3S(C)(=O)=O)ccc2F)n1. The molecule has 0 aliphatic rings. The highest BCUT2D eigenvalue weighted by molar-refractivity contribution is 7.91. The summed E-state index contributed by atoms with van der Waals surface area (Å²) in [5.74, 6) is -2.19. The summed E-state index contributed by atoms with van der Waals surface area (Å²) in [5.41, 5.74) is 0.962. The summed E-state index contributed by atoms with van der Waals surface area (Å²) in [5, 5.41) is 22.6. The van der Waals surface area contributed by atoms with E-state index in [9.17, 15) is 18.3 Å². The monoisotopic (exact) mass is 596 g/mol. The van der Waals surface area contributed by atoms with Gasteiger partial charge in [0.1, 0.15) is 22.2 Å². The Morgan fingerprint density at radius 3 is 2.59 bits per heavy atom. The summed E-state index contributed by atoms with van der Waals surface area (Å²) in [6.45, 7) is 1.56. The lowest BCUT2D eigenvalue weighted by atomic mass is 9.91. The molecule has 3 aromatic carbocycles. The molecule has 5 aromatic rings. The third-order valence-corrected chi connectivity index (χ3v) is 9.07. The molecule has 0 fully saturated rings. The van der Waals surface area contributed by atoms with Crippen molar-refractivity contribution >= 4 is 38.0 Å². The molecule has 0 saturated heterocycles. The molecule has 3 N–H and O–H groups in total. The van der Waals surface area contributed by atoms with Gasteiger partial charge in [-0.1, -0.05) is 30.3 Å². The van der Waals surface area contributed by atoms with Gasteiger partial charge in [0.25, 0.3) is 0 Å². The van der Waals surface area contributed by atoms with Crippen LogP contribution in [0, 0.1) is 11.6 Å². The third kappa shape index (κ3) is 5.79. The van der Waals surface area contributed by atoms with Gasteiger partial charge in [0.05, 0.1) is 10.6 Å². The van der Waals surface area contributed by atoms with Crippen LogP contribution in [0.15, 0.2) is 71.1 Å². The number of hydrogen-bond donors (Lipinski definition) is 3. The van der Waals surface area contributed by atoms with Crippen LogP contribution in [0.4, 0.5) is 8.78 Å². The van der Waals surface area contributed by atoms with Crippen LogP contribution in [0.1, 0.15) is 41.3 Å². The molecule has 11 heteroatoms. The van der Waals surface area contributed by atoms with Gasteiger partial charge < -0.3 is 15.2 Å². The van der Waals surface area contributed by atoms with Crippen molar-refractivity contribution in [2.24, 2.45) is 0 Å². The van der Waals surface area contributed by atoms with Crippen LogP contribution in [0.2, 0.25) is 0 Å². The van der Waals surface area contributed by atoms with E-state index < -0.39 is 33.0 Å². The molecule has 212 valence electrons. The number of sulfone groups is 1. The smallest absolute Gasteiger partial charge is 0.303 e. The van der Waals surface area contributed by atoms with Crippen LogP contribution in [-0.4, -0.2) is 40.8 Å². The highest BCUT2D eigenvalue weighted by Gasteiger charge is 2.30. The number of thiazole rings is 1. The van der Waals surface area contributed by atoms with E-state index in [0.717, 1.165) is 23.2 Å². The van der Waals surface area contributed by atoms with Crippen molar-refractivity contribution < 1.29 is 32.2 Å². The van der Waals surface area contributed by atoms with Gasteiger partial charge in [-0.25, -0.2) is 22.2 Å². The Morgan fingerprint density at radius 1 is 1.07 bits per heavy atom. The topological polar surface area (TPSA) is 120 Å². The Kier molecular flexibility index (Phi) is 7.54. The highest BCUT2D eigenvalue weighted by atomic mass is 32.2. The minimum absolute atomic E-state index is 0.0114. The number of benzene rings is 3. The first-order valence-electron chi connectivity index (χ1n) is 12.6. The van der Waals surface area contributed by atoms with Crippen LogP contribution in [0.25, 0.3) is 21.5 Å². The van der Waals surface area contributed by atoms with Crippen LogP contribution in [0.3, 0.4) is 0 Å². The van der Waals surface area contributed by atoms with Gasteiger partial charge in [-0.3, -0.25) is 4.79 Å². The molecule has 0 aliphatic heterocycles. The van der Waals surface area contributed by atoms with Gasteiger partial charge in [0.15, 0.2) is 9.84 Å². The first kappa shape index (κ1) is 28.6. The number of carboxylic acid groups (broad SMARTS) is 1. The number of fused-ring (bicyclic) bond motifs is 1. The fraction of sp³-hybridized carbons (Fsp3) is 0.200. The molecule has 0 bridgehead atoms. The maximum atomic E-state index is 15.2. The number of aliphatic carboxylic acids is 1. The maximum Gasteiger partial charge on any atom is 0.303 e. The Hall–Kier alpha value is -3.93. The summed E-state index contributed by atoms with van der Waals surface area (Å²) < 4.78 is 55.5. The summed E-state index contributed by atoms with van der Waals surface area (Å²) in [4.78, 5) is 18.2. The second-order valence-electron chi connectivity index (χ2n) is 10.1. The zero-order valence-corrected chi connectivity index (χ0v) is 23.7. The zero-order chi connectivity index (χ0) is 29.5. The molecule has 7 nitrogen and oxygen atoms in total. The lowest BCUT2D eigenvalue weighted by molar-refractivity contribution is -0.136. The number of carbonyl (C=O) groups is 1. The van der Waals surface area contributed by atoms with Crippen molar-refractivity contribution in [1.82, 2.24) is 9.97 Å². The van der Waals surface area contributed by atoms with Crippen LogP contribution in [-0.2, 0) is 33.1 Å². The highest BCUT2D eigenvalue weighted by Crippen LogP contribution is 2.36. The van der Waals surface area contributed by atoms with Crippen molar-refractivity contribution in [3.8, 4) is 10.6 Å². The van der Waals surface area contributed by atoms with Crippen LogP contribution in [0.5, 0.6) is 0 Å². The largest absolute Gasteiger partial charge is 0.481 e. The minimum Gasteiger partial charge on any atom is -0.481 e. The summed E-state index contributed by atoms with van der Waals surface area (Å²) in [7, 11) is -3.79. The lowest BCUT2D eigenvalue weighted by Gasteiger charge is -2.22. The predicted octanol–water partition coefficient (Wildman–Crippen LogP) is 5.84. The molecule has 1 unspecified atom stereocenters. The van der Waals surface area contributed by atoms with Crippen molar-refractivity contribution in [2.45, 2.75) is 36.7 Å². The number of aliphatic hydroxyl groups is 1. The Bertz CT molecular complexity index is 1890. The number of hydrogen-bond acceptors (Lipinski definition) is 6. The van der Waals surface area contributed by atoms with E-state index in [4.69, 9.17) is 5.11 Å². The van der Waals surface area contributed by atoms with Gasteiger partial charge in [-0.05, 0) is 54.3 Å². The molecule has 2 aromatic heterocycles. The van der Waals surface area contributed by atoms with Crippen molar-refractivity contribution in [3.05, 3.63) is 106 Å². The van der Waals surface area contributed by atoms with E-state index in [1.807, 2.05) is 0 Å². The van der Waals surface area contributed by atoms with Gasteiger partial charge in [0, 0.05) is 52.7 Å². The number of rotatable bonds is 9. The quantitative estimate of drug-likeness (QED) is 0.197. The lowest BCUT2D eigenvalue weighted by Crippen LogP contribution is -2.23. The zero-order valence-electron chi connectivity index (χ0n) is 22.1. The molecule has 0 aliphatic carbocycles. The fourth-order valence-electron chi connectivity index (χ4n) is 4.87. The number of aromatic amines is 1. The van der Waals surface area contributed by atoms with Gasteiger partial charge in [-0.15, -0.1) is 11.3 Å². The molecule has 41 heavy (non-hydrogen) atoms. The number of carboxylic acids is 1. The normalized spacial score (nSPS) is 13.4. The van der Waals surface area contributed by atoms with E-state index in [1.165, 1.54) is 24.3 Å². The van der Waals surface area contributed by atoms with Crippen molar-refractivity contribution in [2.75, 3.05) is 6.26 Å². The Morgan fingerprint density at radius 2 is 1.85 bits per heavy atom. The third-order valence-electron chi connectivity index (χ3n) is 6.99. The number of H-pyrrole nitrogens is 1. The number of nitrogens with one attached hydrogen (secondary N) is 1. The average molecular weight is 597 g/mol. The minimum atomic E-state index is -3.79. The van der Waals surface area contributed by atoms with Crippen LogP contribution < -0.4 is 0 Å². The molecule has 0 saturated carbocycles. The van der Waals surface area contributed by atoms with Gasteiger partial charge in [0.2, 0.25) is 0 Å². The molecule has 0 amide bonds. The predicted molar refractivity (Wildman–Crippen MR) is 153 cm³/mol. The first-order chi connectivity index (χ1) is 19.3. The second-order valence-corrected chi connectivity index (χ2v) is 12.9. The molecule has 0 radical (unpaired) electrons.